The molecule has 1 saturated heterocycles. The van der Waals surface area contributed by atoms with Gasteiger partial charge in [-0.25, -0.2) is 0 Å². The number of halogens is 1. The van der Waals surface area contributed by atoms with Crippen molar-refractivity contribution in [2.45, 2.75) is 45.6 Å². The Morgan fingerprint density at radius 3 is 2.79 bits per heavy atom. The van der Waals surface area contributed by atoms with Gasteiger partial charge in [0, 0.05) is 17.9 Å². The van der Waals surface area contributed by atoms with E-state index in [1.165, 1.54) is 37.8 Å². The minimum Gasteiger partial charge on any atom is -0.296 e. The second kappa shape index (κ2) is 6.62. The standard InChI is InChI=1S/C12H22BrN/c1-11(2)7-9-14-8-5-3-4-6-12(14)10-13/h7,12H,3-6,8-10H2,1-2H3. The van der Waals surface area contributed by atoms with Gasteiger partial charge in [0.05, 0.1) is 0 Å². The molecular formula is C12H22BrN. The maximum atomic E-state index is 3.63. The summed E-state index contributed by atoms with van der Waals surface area (Å²) in [7, 11) is 0. The van der Waals surface area contributed by atoms with Gasteiger partial charge in [-0.1, -0.05) is 40.4 Å². The van der Waals surface area contributed by atoms with Crippen molar-refractivity contribution in [2.75, 3.05) is 18.4 Å². The van der Waals surface area contributed by atoms with Crippen molar-refractivity contribution in [1.29, 1.82) is 0 Å². The molecule has 82 valence electrons. The summed E-state index contributed by atoms with van der Waals surface area (Å²) in [6.07, 6.45) is 7.90. The summed E-state index contributed by atoms with van der Waals surface area (Å²) in [6, 6.07) is 0.757. The second-order valence-electron chi connectivity index (χ2n) is 4.43. The fourth-order valence-corrected chi connectivity index (χ4v) is 2.68. The molecule has 0 bridgehead atoms. The van der Waals surface area contributed by atoms with Gasteiger partial charge >= 0.3 is 0 Å². The molecular weight excluding hydrogens is 238 g/mol. The van der Waals surface area contributed by atoms with Crippen LogP contribution in [0.5, 0.6) is 0 Å². The van der Waals surface area contributed by atoms with Gasteiger partial charge in [-0.15, -0.1) is 0 Å². The molecule has 1 unspecified atom stereocenters. The first-order valence-corrected chi connectivity index (χ1v) is 6.79. The van der Waals surface area contributed by atoms with E-state index >= 15 is 0 Å². The molecule has 1 nitrogen and oxygen atoms in total. The quantitative estimate of drug-likeness (QED) is 0.553. The van der Waals surface area contributed by atoms with Crippen molar-refractivity contribution in [2.24, 2.45) is 0 Å². The molecule has 0 spiro atoms. The number of allylic oxidation sites excluding steroid dienone is 1. The molecule has 0 aromatic heterocycles. The van der Waals surface area contributed by atoms with Gasteiger partial charge in [0.2, 0.25) is 0 Å². The van der Waals surface area contributed by atoms with Gasteiger partial charge in [-0.3, -0.25) is 4.90 Å². The highest BCUT2D eigenvalue weighted by atomic mass is 79.9. The highest BCUT2D eigenvalue weighted by molar-refractivity contribution is 9.09. The van der Waals surface area contributed by atoms with Gasteiger partial charge in [0.25, 0.3) is 0 Å². The van der Waals surface area contributed by atoms with Crippen LogP contribution in [0.15, 0.2) is 11.6 Å². The van der Waals surface area contributed by atoms with Crippen LogP contribution in [0.25, 0.3) is 0 Å². The summed E-state index contributed by atoms with van der Waals surface area (Å²) in [6.45, 7) is 6.78. The Hall–Kier alpha value is 0.180. The van der Waals surface area contributed by atoms with E-state index < -0.39 is 0 Å². The number of likely N-dealkylation sites (tertiary alicyclic amines) is 1. The summed E-state index contributed by atoms with van der Waals surface area (Å²) >= 11 is 3.63. The van der Waals surface area contributed by atoms with Crippen LogP contribution in [0.2, 0.25) is 0 Å². The Morgan fingerprint density at radius 1 is 1.36 bits per heavy atom. The van der Waals surface area contributed by atoms with Crippen LogP contribution in [0.1, 0.15) is 39.5 Å². The highest BCUT2D eigenvalue weighted by Crippen LogP contribution is 2.18. The third kappa shape index (κ3) is 4.14. The van der Waals surface area contributed by atoms with E-state index in [0.29, 0.717) is 0 Å². The zero-order valence-electron chi connectivity index (χ0n) is 9.43. The minimum absolute atomic E-state index is 0.757. The first-order valence-electron chi connectivity index (χ1n) is 5.67. The van der Waals surface area contributed by atoms with Crippen LogP contribution in [0.4, 0.5) is 0 Å². The Kier molecular flexibility index (Phi) is 5.80. The molecule has 2 heteroatoms. The SMILES string of the molecule is CC(C)=CCN1CCCCCC1CBr. The van der Waals surface area contributed by atoms with Crippen LogP contribution in [-0.4, -0.2) is 29.4 Å². The molecule has 0 N–H and O–H groups in total. The van der Waals surface area contributed by atoms with Crippen molar-refractivity contribution in [1.82, 2.24) is 4.90 Å². The van der Waals surface area contributed by atoms with Gasteiger partial charge < -0.3 is 0 Å². The lowest BCUT2D eigenvalue weighted by atomic mass is 10.1. The predicted molar refractivity (Wildman–Crippen MR) is 67.1 cm³/mol. The number of nitrogens with zero attached hydrogens (tertiary/aromatic N) is 1. The Labute approximate surface area is 96.7 Å². The summed E-state index contributed by atoms with van der Waals surface area (Å²) < 4.78 is 0. The fraction of sp³-hybridized carbons (Fsp3) is 0.833. The maximum absolute atomic E-state index is 3.63. The van der Waals surface area contributed by atoms with E-state index in [2.05, 4.69) is 40.8 Å². The lowest BCUT2D eigenvalue weighted by molar-refractivity contribution is 0.241. The largest absolute Gasteiger partial charge is 0.296 e. The number of hydrogen-bond donors (Lipinski definition) is 0. The second-order valence-corrected chi connectivity index (χ2v) is 5.08. The lowest BCUT2D eigenvalue weighted by Crippen LogP contribution is -2.36. The van der Waals surface area contributed by atoms with Crippen LogP contribution in [0, 0.1) is 0 Å². The van der Waals surface area contributed by atoms with Gasteiger partial charge in [-0.2, -0.15) is 0 Å². The normalized spacial score (nSPS) is 24.4. The van der Waals surface area contributed by atoms with E-state index in [4.69, 9.17) is 0 Å². The van der Waals surface area contributed by atoms with E-state index in [9.17, 15) is 0 Å². The molecule has 0 saturated carbocycles. The molecule has 14 heavy (non-hydrogen) atoms. The van der Waals surface area contributed by atoms with Crippen molar-refractivity contribution in [3.8, 4) is 0 Å². The van der Waals surface area contributed by atoms with Crippen molar-refractivity contribution in [3.63, 3.8) is 0 Å². The molecule has 1 aliphatic rings. The molecule has 1 atom stereocenters. The van der Waals surface area contributed by atoms with Crippen LogP contribution in [-0.2, 0) is 0 Å². The first kappa shape index (κ1) is 12.3. The van der Waals surface area contributed by atoms with Crippen LogP contribution < -0.4 is 0 Å². The smallest absolute Gasteiger partial charge is 0.0196 e. The average Bonchev–Trinajstić information content (AvgIpc) is 2.38. The third-order valence-corrected chi connectivity index (χ3v) is 3.66. The Balaban J connectivity index is 2.48. The highest BCUT2D eigenvalue weighted by Gasteiger charge is 2.18. The topological polar surface area (TPSA) is 3.24 Å². The average molecular weight is 260 g/mol. The number of rotatable bonds is 3. The van der Waals surface area contributed by atoms with E-state index in [0.717, 1.165) is 17.9 Å². The van der Waals surface area contributed by atoms with Crippen LogP contribution >= 0.6 is 15.9 Å². The molecule has 0 aliphatic carbocycles. The zero-order chi connectivity index (χ0) is 10.4. The number of hydrogen-bond acceptors (Lipinski definition) is 1. The Morgan fingerprint density at radius 2 is 2.14 bits per heavy atom. The first-order chi connectivity index (χ1) is 6.74. The van der Waals surface area contributed by atoms with Crippen molar-refractivity contribution >= 4 is 15.9 Å². The van der Waals surface area contributed by atoms with Gasteiger partial charge in [0.1, 0.15) is 0 Å². The monoisotopic (exact) mass is 259 g/mol. The van der Waals surface area contributed by atoms with Gasteiger partial charge in [-0.05, 0) is 33.2 Å². The van der Waals surface area contributed by atoms with E-state index in [-0.39, 0.29) is 0 Å². The van der Waals surface area contributed by atoms with Crippen LogP contribution in [0.3, 0.4) is 0 Å². The summed E-state index contributed by atoms with van der Waals surface area (Å²) in [4.78, 5) is 2.62. The number of alkyl halides is 1. The fourth-order valence-electron chi connectivity index (χ4n) is 1.95. The zero-order valence-corrected chi connectivity index (χ0v) is 11.0. The summed E-state index contributed by atoms with van der Waals surface area (Å²) in [5.41, 5.74) is 1.43. The van der Waals surface area contributed by atoms with Crippen molar-refractivity contribution < 1.29 is 0 Å². The molecule has 0 aromatic carbocycles. The molecule has 1 heterocycles. The Bertz CT molecular complexity index is 185. The maximum Gasteiger partial charge on any atom is 0.0196 e. The molecule has 1 fully saturated rings. The molecule has 1 rings (SSSR count). The molecule has 1 aliphatic heterocycles. The minimum atomic E-state index is 0.757. The third-order valence-electron chi connectivity index (χ3n) is 2.91. The summed E-state index contributed by atoms with van der Waals surface area (Å²) in [5, 5.41) is 1.13. The molecule has 0 radical (unpaired) electrons. The van der Waals surface area contributed by atoms with Crippen molar-refractivity contribution in [3.05, 3.63) is 11.6 Å². The van der Waals surface area contributed by atoms with E-state index in [1.807, 2.05) is 0 Å². The summed E-state index contributed by atoms with van der Waals surface area (Å²) in [5.74, 6) is 0. The molecule has 0 aromatic rings. The van der Waals surface area contributed by atoms with E-state index in [1.54, 1.807) is 0 Å². The lowest BCUT2D eigenvalue weighted by Gasteiger charge is -2.27. The predicted octanol–water partition coefficient (Wildman–Crippen LogP) is 3.59. The molecule has 0 amide bonds. The van der Waals surface area contributed by atoms with Gasteiger partial charge in [0.15, 0.2) is 0 Å².